The normalized spacial score (nSPS) is 12.1. The molecule has 0 saturated heterocycles. The van der Waals surface area contributed by atoms with E-state index in [4.69, 9.17) is 0 Å². The Morgan fingerprint density at radius 2 is 1.91 bits per heavy atom. The fourth-order valence-electron chi connectivity index (χ4n) is 3.62. The number of imidazole rings is 1. The van der Waals surface area contributed by atoms with Gasteiger partial charge in [0.15, 0.2) is 0 Å². The van der Waals surface area contributed by atoms with Crippen molar-refractivity contribution in [2.24, 2.45) is 0 Å². The molecule has 0 aliphatic carbocycles. The molecule has 8 nitrogen and oxygen atoms in total. The molecule has 2 N–H and O–H groups in total. The van der Waals surface area contributed by atoms with Crippen molar-refractivity contribution in [1.29, 1.82) is 0 Å². The van der Waals surface area contributed by atoms with Gasteiger partial charge in [-0.2, -0.15) is 4.98 Å². The van der Waals surface area contributed by atoms with Crippen molar-refractivity contribution in [3.63, 3.8) is 0 Å². The molecular weight excluding hydrogens is 414 g/mol. The van der Waals surface area contributed by atoms with Crippen LogP contribution in [0, 0.1) is 0 Å². The number of fused-ring (bicyclic) bond motifs is 1. The third kappa shape index (κ3) is 5.72. The number of carbonyl (C=O) groups excluding carboxylic acids is 1. The van der Waals surface area contributed by atoms with Gasteiger partial charge in [0.1, 0.15) is 12.1 Å². The highest BCUT2D eigenvalue weighted by Gasteiger charge is 2.11. The summed E-state index contributed by atoms with van der Waals surface area (Å²) >= 11 is 0. The van der Waals surface area contributed by atoms with Crippen LogP contribution in [0.1, 0.15) is 31.4 Å². The summed E-state index contributed by atoms with van der Waals surface area (Å²) in [7, 11) is 4.01. The average Bonchev–Trinajstić information content (AvgIpc) is 3.23. The third-order valence-corrected chi connectivity index (χ3v) is 5.37. The van der Waals surface area contributed by atoms with Crippen LogP contribution in [0.15, 0.2) is 67.1 Å². The fraction of sp³-hybridized carbons (Fsp3) is 0.280. The number of anilines is 2. The van der Waals surface area contributed by atoms with Crippen molar-refractivity contribution in [1.82, 2.24) is 24.4 Å². The molecule has 1 atom stereocenters. The van der Waals surface area contributed by atoms with E-state index < -0.39 is 0 Å². The van der Waals surface area contributed by atoms with Crippen molar-refractivity contribution in [3.05, 3.63) is 72.7 Å². The molecule has 2 aromatic heterocycles. The van der Waals surface area contributed by atoms with Gasteiger partial charge < -0.3 is 15.5 Å². The van der Waals surface area contributed by atoms with E-state index in [2.05, 4.69) is 49.5 Å². The molecule has 0 radical (unpaired) electrons. The van der Waals surface area contributed by atoms with Crippen molar-refractivity contribution >= 4 is 28.6 Å². The lowest BCUT2D eigenvalue weighted by atomic mass is 10.1. The summed E-state index contributed by atoms with van der Waals surface area (Å²) in [5, 5.41) is 6.32. The summed E-state index contributed by atoms with van der Waals surface area (Å²) in [5.41, 5.74) is 3.59. The van der Waals surface area contributed by atoms with E-state index in [-0.39, 0.29) is 11.9 Å². The van der Waals surface area contributed by atoms with Crippen molar-refractivity contribution in [3.8, 4) is 5.82 Å². The quantitative estimate of drug-likeness (QED) is 0.402. The number of nitrogens with zero attached hydrogens (tertiary/aromatic N) is 5. The molecule has 0 saturated carbocycles. The van der Waals surface area contributed by atoms with Crippen LogP contribution < -0.4 is 10.6 Å². The molecule has 8 heteroatoms. The van der Waals surface area contributed by atoms with E-state index in [1.165, 1.54) is 0 Å². The zero-order chi connectivity index (χ0) is 23.2. The zero-order valence-electron chi connectivity index (χ0n) is 19.2. The van der Waals surface area contributed by atoms with Crippen molar-refractivity contribution in [2.45, 2.75) is 25.8 Å². The fourth-order valence-corrected chi connectivity index (χ4v) is 3.62. The van der Waals surface area contributed by atoms with Gasteiger partial charge in [0.2, 0.25) is 11.9 Å². The molecule has 4 rings (SSSR count). The van der Waals surface area contributed by atoms with Gasteiger partial charge in [0.05, 0.1) is 17.1 Å². The highest BCUT2D eigenvalue weighted by atomic mass is 16.1. The first-order chi connectivity index (χ1) is 16.0. The molecule has 1 amide bonds. The Morgan fingerprint density at radius 3 is 2.70 bits per heavy atom. The van der Waals surface area contributed by atoms with Crippen LogP contribution in [-0.2, 0) is 4.79 Å². The van der Waals surface area contributed by atoms with Crippen LogP contribution in [0.5, 0.6) is 0 Å². The Hall–Kier alpha value is -3.78. The summed E-state index contributed by atoms with van der Waals surface area (Å²) in [6.07, 6.45) is 4.78. The second kappa shape index (κ2) is 10.2. The summed E-state index contributed by atoms with van der Waals surface area (Å²) in [5.74, 6) is 1.28. The summed E-state index contributed by atoms with van der Waals surface area (Å²) in [4.78, 5) is 27.8. The molecule has 0 spiro atoms. The van der Waals surface area contributed by atoms with Gasteiger partial charge in [-0.05, 0) is 63.8 Å². The first-order valence-electron chi connectivity index (χ1n) is 11.1. The van der Waals surface area contributed by atoms with Crippen LogP contribution in [0.2, 0.25) is 0 Å². The van der Waals surface area contributed by atoms with E-state index in [1.54, 1.807) is 12.5 Å². The number of carbonyl (C=O) groups is 1. The minimum atomic E-state index is 0.00897. The second-order valence-electron chi connectivity index (χ2n) is 8.29. The minimum absolute atomic E-state index is 0.00897. The van der Waals surface area contributed by atoms with Crippen LogP contribution in [0.25, 0.3) is 16.9 Å². The Kier molecular flexibility index (Phi) is 6.95. The number of benzene rings is 2. The second-order valence-corrected chi connectivity index (χ2v) is 8.29. The molecule has 33 heavy (non-hydrogen) atoms. The number of amides is 1. The molecule has 0 aliphatic heterocycles. The number of hydrogen-bond donors (Lipinski definition) is 2. The zero-order valence-corrected chi connectivity index (χ0v) is 19.2. The smallest absolute Gasteiger partial charge is 0.225 e. The summed E-state index contributed by atoms with van der Waals surface area (Å²) in [6, 6.07) is 17.8. The van der Waals surface area contributed by atoms with Crippen LogP contribution in [-0.4, -0.2) is 51.0 Å². The Morgan fingerprint density at radius 1 is 1.09 bits per heavy atom. The number of nitrogens with one attached hydrogen (secondary N) is 2. The molecule has 0 aliphatic rings. The molecular formula is C25H29N7O. The van der Waals surface area contributed by atoms with Gasteiger partial charge >= 0.3 is 0 Å². The van der Waals surface area contributed by atoms with Crippen LogP contribution in [0.4, 0.5) is 11.6 Å². The van der Waals surface area contributed by atoms with Crippen LogP contribution >= 0.6 is 0 Å². The van der Waals surface area contributed by atoms with Gasteiger partial charge in [-0.3, -0.25) is 9.36 Å². The van der Waals surface area contributed by atoms with E-state index in [9.17, 15) is 4.79 Å². The van der Waals surface area contributed by atoms with E-state index in [1.807, 2.05) is 61.1 Å². The Labute approximate surface area is 193 Å². The van der Waals surface area contributed by atoms with Crippen molar-refractivity contribution < 1.29 is 4.79 Å². The third-order valence-electron chi connectivity index (χ3n) is 5.37. The first kappa shape index (κ1) is 22.4. The number of aromatic nitrogens is 4. The van der Waals surface area contributed by atoms with Gasteiger partial charge in [0, 0.05) is 18.3 Å². The summed E-state index contributed by atoms with van der Waals surface area (Å²) in [6.45, 7) is 2.96. The molecule has 0 bridgehead atoms. The Bertz CT molecular complexity index is 1220. The molecule has 170 valence electrons. The average molecular weight is 444 g/mol. The topological polar surface area (TPSA) is 88.0 Å². The lowest BCUT2D eigenvalue weighted by Gasteiger charge is -2.14. The molecule has 2 heterocycles. The van der Waals surface area contributed by atoms with Gasteiger partial charge in [-0.15, -0.1) is 0 Å². The highest BCUT2D eigenvalue weighted by molar-refractivity contribution is 5.93. The molecule has 4 aromatic rings. The lowest BCUT2D eigenvalue weighted by Crippen LogP contribution is -2.17. The molecule has 0 unspecified atom stereocenters. The van der Waals surface area contributed by atoms with E-state index in [0.29, 0.717) is 12.4 Å². The predicted molar refractivity (Wildman–Crippen MR) is 132 cm³/mol. The SMILES string of the molecule is C[C@H](Nc1nccc(-n2cnc3cc(NC(=O)CCCN(C)C)ccc32)n1)c1ccccc1. The summed E-state index contributed by atoms with van der Waals surface area (Å²) < 4.78 is 1.91. The predicted octanol–water partition coefficient (Wildman–Crippen LogP) is 4.27. The van der Waals surface area contributed by atoms with Crippen molar-refractivity contribution in [2.75, 3.05) is 31.3 Å². The maximum Gasteiger partial charge on any atom is 0.225 e. The van der Waals surface area contributed by atoms with Gasteiger partial charge in [-0.25, -0.2) is 9.97 Å². The standard InChI is InChI=1S/C25H29N7O/c1-18(19-8-5-4-6-9-19)28-25-26-14-13-23(30-25)32-17-27-21-16-20(11-12-22(21)32)29-24(33)10-7-15-31(2)3/h4-6,8-9,11-14,16-18H,7,10,15H2,1-3H3,(H,29,33)(H,26,28,30)/t18-/m0/s1. The maximum atomic E-state index is 12.2. The number of rotatable bonds is 9. The largest absolute Gasteiger partial charge is 0.348 e. The van der Waals surface area contributed by atoms with Gasteiger partial charge in [-0.1, -0.05) is 30.3 Å². The molecule has 0 fully saturated rings. The van der Waals surface area contributed by atoms with E-state index >= 15 is 0 Å². The number of hydrogen-bond acceptors (Lipinski definition) is 6. The highest BCUT2D eigenvalue weighted by Crippen LogP contribution is 2.22. The van der Waals surface area contributed by atoms with Crippen LogP contribution in [0.3, 0.4) is 0 Å². The van der Waals surface area contributed by atoms with E-state index in [0.717, 1.165) is 41.1 Å². The molecule has 2 aromatic carbocycles. The Balaban J connectivity index is 1.48. The minimum Gasteiger partial charge on any atom is -0.348 e. The monoisotopic (exact) mass is 443 g/mol. The lowest BCUT2D eigenvalue weighted by molar-refractivity contribution is -0.116. The first-order valence-corrected chi connectivity index (χ1v) is 11.1. The maximum absolute atomic E-state index is 12.2. The van der Waals surface area contributed by atoms with Gasteiger partial charge in [0.25, 0.3) is 0 Å².